The van der Waals surface area contributed by atoms with Crippen LogP contribution in [-0.4, -0.2) is 43.2 Å². The highest BCUT2D eigenvalue weighted by molar-refractivity contribution is 6.18. The van der Waals surface area contributed by atoms with E-state index in [-0.39, 0.29) is 12.2 Å². The zero-order valence-corrected chi connectivity index (χ0v) is 11.7. The smallest absolute Gasteiger partial charge is 0.123 e. The minimum atomic E-state index is 0.130. The molecule has 100 valence electrons. The van der Waals surface area contributed by atoms with E-state index in [0.29, 0.717) is 5.88 Å². The first-order valence-electron chi connectivity index (χ1n) is 6.28. The lowest BCUT2D eigenvalue weighted by Crippen LogP contribution is -2.46. The lowest BCUT2D eigenvalue weighted by molar-refractivity contribution is -0.0690. The Morgan fingerprint density at radius 2 is 2.17 bits per heavy atom. The molecule has 0 saturated carbocycles. The molecule has 0 bridgehead atoms. The first-order valence-corrected chi connectivity index (χ1v) is 6.82. The maximum atomic E-state index is 5.90. The molecule has 0 radical (unpaired) electrons. The van der Waals surface area contributed by atoms with Crippen LogP contribution in [0.5, 0.6) is 5.75 Å². The molecule has 4 heteroatoms. The van der Waals surface area contributed by atoms with E-state index < -0.39 is 0 Å². The van der Waals surface area contributed by atoms with Gasteiger partial charge in [-0.2, -0.15) is 0 Å². The molecule has 1 aliphatic rings. The first kappa shape index (κ1) is 13.7. The Balaban J connectivity index is 2.04. The van der Waals surface area contributed by atoms with E-state index in [4.69, 9.17) is 21.1 Å². The van der Waals surface area contributed by atoms with Crippen molar-refractivity contribution in [2.75, 3.05) is 26.1 Å². The molecule has 1 aliphatic heterocycles. The molecule has 1 aromatic carbocycles. The summed E-state index contributed by atoms with van der Waals surface area (Å²) in [5.74, 6) is 1.49. The van der Waals surface area contributed by atoms with Crippen molar-refractivity contribution in [2.45, 2.75) is 25.7 Å². The van der Waals surface area contributed by atoms with E-state index in [1.165, 1.54) is 5.56 Å². The van der Waals surface area contributed by atoms with Crippen LogP contribution < -0.4 is 4.74 Å². The number of para-hydroxylation sites is 1. The molecule has 0 amide bonds. The molecule has 2 atom stereocenters. The first-order chi connectivity index (χ1) is 8.72. The number of alkyl halides is 1. The number of morpholine rings is 1. The summed E-state index contributed by atoms with van der Waals surface area (Å²) in [4.78, 5) is 2.37. The maximum Gasteiger partial charge on any atom is 0.123 e. The van der Waals surface area contributed by atoms with Crippen molar-refractivity contribution in [3.63, 3.8) is 0 Å². The summed E-state index contributed by atoms with van der Waals surface area (Å²) in [7, 11) is 1.71. The largest absolute Gasteiger partial charge is 0.496 e. The van der Waals surface area contributed by atoms with Crippen molar-refractivity contribution in [2.24, 2.45) is 0 Å². The van der Waals surface area contributed by atoms with Gasteiger partial charge in [-0.25, -0.2) is 0 Å². The van der Waals surface area contributed by atoms with Gasteiger partial charge in [0.25, 0.3) is 0 Å². The van der Waals surface area contributed by atoms with Crippen molar-refractivity contribution < 1.29 is 9.47 Å². The average Bonchev–Trinajstić information content (AvgIpc) is 2.38. The lowest BCUT2D eigenvalue weighted by Gasteiger charge is -2.36. The topological polar surface area (TPSA) is 21.7 Å². The van der Waals surface area contributed by atoms with E-state index in [1.807, 2.05) is 18.2 Å². The maximum absolute atomic E-state index is 5.90. The number of methoxy groups -OCH3 is 1. The summed E-state index contributed by atoms with van der Waals surface area (Å²) in [5.41, 5.74) is 1.21. The van der Waals surface area contributed by atoms with Gasteiger partial charge in [0.2, 0.25) is 0 Å². The highest BCUT2D eigenvalue weighted by atomic mass is 35.5. The van der Waals surface area contributed by atoms with Crippen LogP contribution in [-0.2, 0) is 11.3 Å². The van der Waals surface area contributed by atoms with Gasteiger partial charge in [0.05, 0.1) is 19.3 Å². The molecular weight excluding hydrogens is 250 g/mol. The van der Waals surface area contributed by atoms with Crippen LogP contribution in [0.3, 0.4) is 0 Å². The summed E-state index contributed by atoms with van der Waals surface area (Å²) in [6.45, 7) is 4.79. The second-order valence-electron chi connectivity index (χ2n) is 4.73. The third-order valence-electron chi connectivity index (χ3n) is 3.16. The molecule has 2 rings (SSSR count). The van der Waals surface area contributed by atoms with Crippen molar-refractivity contribution in [1.82, 2.24) is 4.90 Å². The molecule has 3 nitrogen and oxygen atoms in total. The van der Waals surface area contributed by atoms with E-state index >= 15 is 0 Å². The monoisotopic (exact) mass is 269 g/mol. The van der Waals surface area contributed by atoms with Crippen molar-refractivity contribution in [3.05, 3.63) is 29.8 Å². The van der Waals surface area contributed by atoms with Crippen LogP contribution in [0.1, 0.15) is 12.5 Å². The molecule has 1 saturated heterocycles. The number of nitrogens with zero attached hydrogens (tertiary/aromatic N) is 1. The third-order valence-corrected chi connectivity index (χ3v) is 3.50. The Bertz CT molecular complexity index is 386. The molecular formula is C14H20ClNO2. The molecule has 0 aromatic heterocycles. The third kappa shape index (κ3) is 3.37. The van der Waals surface area contributed by atoms with Crippen LogP contribution in [0.25, 0.3) is 0 Å². The van der Waals surface area contributed by atoms with Gasteiger partial charge in [-0.05, 0) is 13.0 Å². The van der Waals surface area contributed by atoms with Crippen molar-refractivity contribution in [3.8, 4) is 5.75 Å². The van der Waals surface area contributed by atoms with E-state index in [0.717, 1.165) is 25.4 Å². The predicted molar refractivity (Wildman–Crippen MR) is 73.3 cm³/mol. The van der Waals surface area contributed by atoms with Gasteiger partial charge in [-0.1, -0.05) is 18.2 Å². The van der Waals surface area contributed by atoms with Gasteiger partial charge in [0, 0.05) is 31.1 Å². The highest BCUT2D eigenvalue weighted by Crippen LogP contribution is 2.21. The summed E-state index contributed by atoms with van der Waals surface area (Å²) >= 11 is 5.90. The molecule has 1 heterocycles. The fourth-order valence-corrected chi connectivity index (χ4v) is 2.60. The van der Waals surface area contributed by atoms with Gasteiger partial charge < -0.3 is 9.47 Å². The summed E-state index contributed by atoms with van der Waals surface area (Å²) < 4.78 is 11.1. The number of hydrogen-bond acceptors (Lipinski definition) is 3. The molecule has 0 aliphatic carbocycles. The molecule has 0 spiro atoms. The number of halogens is 1. The van der Waals surface area contributed by atoms with E-state index in [2.05, 4.69) is 17.9 Å². The normalized spacial score (nSPS) is 25.1. The Kier molecular flexibility index (Phi) is 4.87. The summed E-state index contributed by atoms with van der Waals surface area (Å²) in [6, 6.07) is 8.14. The van der Waals surface area contributed by atoms with Gasteiger partial charge in [0.1, 0.15) is 5.75 Å². The van der Waals surface area contributed by atoms with E-state index in [1.54, 1.807) is 7.11 Å². The Morgan fingerprint density at radius 3 is 2.89 bits per heavy atom. The van der Waals surface area contributed by atoms with Crippen molar-refractivity contribution in [1.29, 1.82) is 0 Å². The van der Waals surface area contributed by atoms with Gasteiger partial charge in [0.15, 0.2) is 0 Å². The molecule has 18 heavy (non-hydrogen) atoms. The number of rotatable bonds is 4. The Hall–Kier alpha value is -0.770. The standard InChI is InChI=1S/C14H20ClNO2/c1-11-8-16(10-13(7-15)18-11)9-12-5-3-4-6-14(12)17-2/h3-6,11,13H,7-10H2,1-2H3. The number of ether oxygens (including phenoxy) is 2. The average molecular weight is 270 g/mol. The minimum Gasteiger partial charge on any atom is -0.496 e. The predicted octanol–water partition coefficient (Wildman–Crippen LogP) is 2.52. The minimum absolute atomic E-state index is 0.130. The quantitative estimate of drug-likeness (QED) is 0.784. The van der Waals surface area contributed by atoms with Gasteiger partial charge in [-0.3, -0.25) is 4.90 Å². The second kappa shape index (κ2) is 6.41. The molecule has 1 fully saturated rings. The molecule has 0 N–H and O–H groups in total. The molecule has 2 unspecified atom stereocenters. The van der Waals surface area contributed by atoms with E-state index in [9.17, 15) is 0 Å². The van der Waals surface area contributed by atoms with Crippen LogP contribution >= 0.6 is 11.6 Å². The molecule has 1 aromatic rings. The van der Waals surface area contributed by atoms with Crippen LogP contribution in [0, 0.1) is 0 Å². The Labute approximate surface area is 114 Å². The highest BCUT2D eigenvalue weighted by Gasteiger charge is 2.25. The zero-order chi connectivity index (χ0) is 13.0. The van der Waals surface area contributed by atoms with Gasteiger partial charge in [-0.15, -0.1) is 11.6 Å². The Morgan fingerprint density at radius 1 is 1.39 bits per heavy atom. The van der Waals surface area contributed by atoms with Crippen molar-refractivity contribution >= 4 is 11.6 Å². The SMILES string of the molecule is COc1ccccc1CN1CC(C)OC(CCl)C1. The fourth-order valence-electron chi connectivity index (χ4n) is 2.43. The lowest BCUT2D eigenvalue weighted by atomic mass is 10.1. The zero-order valence-electron chi connectivity index (χ0n) is 10.9. The van der Waals surface area contributed by atoms with Crippen LogP contribution in [0.2, 0.25) is 0 Å². The number of hydrogen-bond donors (Lipinski definition) is 0. The van der Waals surface area contributed by atoms with Gasteiger partial charge >= 0.3 is 0 Å². The second-order valence-corrected chi connectivity index (χ2v) is 5.04. The summed E-state index contributed by atoms with van der Waals surface area (Å²) in [6.07, 6.45) is 0.363. The fraction of sp³-hybridized carbons (Fsp3) is 0.571. The number of benzene rings is 1. The van der Waals surface area contributed by atoms with Crippen LogP contribution in [0.4, 0.5) is 0 Å². The van der Waals surface area contributed by atoms with Crippen LogP contribution in [0.15, 0.2) is 24.3 Å². The summed E-state index contributed by atoms with van der Waals surface area (Å²) in [5, 5.41) is 0.